The molecule has 3 heterocycles. The maximum Gasteiger partial charge on any atom is 0.330 e. The second-order valence-corrected chi connectivity index (χ2v) is 5.21. The van der Waals surface area contributed by atoms with E-state index in [1.54, 1.807) is 13.2 Å². The van der Waals surface area contributed by atoms with Crippen molar-refractivity contribution in [1.82, 2.24) is 23.8 Å². The van der Waals surface area contributed by atoms with Crippen LogP contribution in [0.1, 0.15) is 11.7 Å². The van der Waals surface area contributed by atoms with Gasteiger partial charge in [-0.15, -0.1) is 0 Å². The van der Waals surface area contributed by atoms with Crippen LogP contribution < -0.4 is 11.2 Å². The number of rotatable bonds is 3. The molecule has 0 spiro atoms. The summed E-state index contributed by atoms with van der Waals surface area (Å²) in [4.78, 5) is 25.7. The zero-order valence-electron chi connectivity index (χ0n) is 11.6. The lowest BCUT2D eigenvalue weighted by molar-refractivity contribution is 0.0880. The van der Waals surface area contributed by atoms with Crippen LogP contribution in [0.3, 0.4) is 0 Å². The minimum atomic E-state index is -0.281. The molecule has 106 valence electrons. The molecule has 1 aliphatic heterocycles. The lowest BCUT2D eigenvalue weighted by Gasteiger charge is -2.39. The lowest BCUT2D eigenvalue weighted by atomic mass is 10.1. The van der Waals surface area contributed by atoms with Gasteiger partial charge in [-0.2, -0.15) is 5.10 Å². The summed E-state index contributed by atoms with van der Waals surface area (Å²) in [5, 5.41) is 4.22. The van der Waals surface area contributed by atoms with E-state index in [2.05, 4.69) is 10.00 Å². The second-order valence-electron chi connectivity index (χ2n) is 5.21. The third-order valence-electron chi connectivity index (χ3n) is 3.85. The van der Waals surface area contributed by atoms with Gasteiger partial charge in [0.25, 0.3) is 5.56 Å². The van der Waals surface area contributed by atoms with Gasteiger partial charge >= 0.3 is 5.69 Å². The van der Waals surface area contributed by atoms with Crippen molar-refractivity contribution in [3.05, 3.63) is 51.1 Å². The highest BCUT2D eigenvalue weighted by Gasteiger charge is 2.28. The van der Waals surface area contributed by atoms with Crippen LogP contribution in [0.5, 0.6) is 0 Å². The molecule has 0 radical (unpaired) electrons. The van der Waals surface area contributed by atoms with Crippen LogP contribution in [0, 0.1) is 0 Å². The molecule has 20 heavy (non-hydrogen) atoms. The molecule has 7 heteroatoms. The summed E-state index contributed by atoms with van der Waals surface area (Å²) < 4.78 is 4.59. The summed E-state index contributed by atoms with van der Waals surface area (Å²) in [6, 6.07) is 3.82. The van der Waals surface area contributed by atoms with Gasteiger partial charge in [-0.3, -0.25) is 23.5 Å². The largest absolute Gasteiger partial charge is 0.330 e. The van der Waals surface area contributed by atoms with Crippen molar-refractivity contribution in [2.24, 2.45) is 14.1 Å². The van der Waals surface area contributed by atoms with Crippen molar-refractivity contribution in [2.75, 3.05) is 13.1 Å². The third kappa shape index (κ3) is 2.09. The first-order chi connectivity index (χ1) is 9.56. The van der Waals surface area contributed by atoms with Crippen LogP contribution in [0.15, 0.2) is 34.1 Å². The Balaban J connectivity index is 1.72. The summed E-state index contributed by atoms with van der Waals surface area (Å²) in [7, 11) is 3.19. The summed E-state index contributed by atoms with van der Waals surface area (Å²) in [5.41, 5.74) is 0.209. The number of aromatic nitrogens is 4. The van der Waals surface area contributed by atoms with E-state index in [0.717, 1.165) is 23.4 Å². The van der Waals surface area contributed by atoms with Crippen molar-refractivity contribution < 1.29 is 0 Å². The molecule has 1 fully saturated rings. The highest BCUT2D eigenvalue weighted by molar-refractivity contribution is 5.04. The fourth-order valence-corrected chi connectivity index (χ4v) is 2.49. The van der Waals surface area contributed by atoms with Crippen LogP contribution in [0.25, 0.3) is 0 Å². The van der Waals surface area contributed by atoms with Crippen LogP contribution in [-0.4, -0.2) is 36.9 Å². The Kier molecular flexibility index (Phi) is 3.06. The van der Waals surface area contributed by atoms with Crippen molar-refractivity contribution in [3.63, 3.8) is 0 Å². The van der Waals surface area contributed by atoms with E-state index in [1.165, 1.54) is 17.7 Å². The fourth-order valence-electron chi connectivity index (χ4n) is 2.49. The monoisotopic (exact) mass is 275 g/mol. The highest BCUT2D eigenvalue weighted by Crippen LogP contribution is 2.21. The molecule has 2 aromatic rings. The van der Waals surface area contributed by atoms with E-state index in [1.807, 2.05) is 16.9 Å². The Labute approximate surface area is 115 Å². The van der Waals surface area contributed by atoms with Gasteiger partial charge in [-0.1, -0.05) is 0 Å². The van der Waals surface area contributed by atoms with E-state index >= 15 is 0 Å². The van der Waals surface area contributed by atoms with E-state index in [0.29, 0.717) is 12.6 Å². The molecule has 0 N–H and O–H groups in total. The van der Waals surface area contributed by atoms with E-state index in [9.17, 15) is 9.59 Å². The van der Waals surface area contributed by atoms with Crippen LogP contribution >= 0.6 is 0 Å². The van der Waals surface area contributed by atoms with Crippen molar-refractivity contribution in [1.29, 1.82) is 0 Å². The first kappa shape index (κ1) is 12.9. The summed E-state index contributed by atoms with van der Waals surface area (Å²) >= 11 is 0. The second kappa shape index (κ2) is 4.75. The molecule has 0 amide bonds. The summed E-state index contributed by atoms with van der Waals surface area (Å²) in [6.07, 6.45) is 3.73. The maximum atomic E-state index is 11.8. The van der Waals surface area contributed by atoms with Gasteiger partial charge in [0, 0.05) is 57.9 Å². The summed E-state index contributed by atoms with van der Waals surface area (Å²) in [6.45, 7) is 2.37. The zero-order valence-corrected chi connectivity index (χ0v) is 11.6. The van der Waals surface area contributed by atoms with Gasteiger partial charge in [0.05, 0.1) is 6.04 Å². The smallest absolute Gasteiger partial charge is 0.299 e. The van der Waals surface area contributed by atoms with Gasteiger partial charge in [0.15, 0.2) is 0 Å². The molecule has 3 rings (SSSR count). The summed E-state index contributed by atoms with van der Waals surface area (Å²) in [5.74, 6) is 0. The van der Waals surface area contributed by atoms with Gasteiger partial charge < -0.3 is 0 Å². The molecule has 0 unspecified atom stereocenters. The number of nitrogens with zero attached hydrogens (tertiary/aromatic N) is 5. The number of likely N-dealkylation sites (tertiary alicyclic amines) is 1. The predicted molar refractivity (Wildman–Crippen MR) is 73.5 cm³/mol. The molecule has 1 aliphatic rings. The number of hydrogen-bond acceptors (Lipinski definition) is 4. The van der Waals surface area contributed by atoms with E-state index < -0.39 is 0 Å². The lowest BCUT2D eigenvalue weighted by Crippen LogP contribution is -2.48. The van der Waals surface area contributed by atoms with Crippen molar-refractivity contribution in [2.45, 2.75) is 12.6 Å². The minimum absolute atomic E-state index is 0.257. The van der Waals surface area contributed by atoms with Gasteiger partial charge in [0.1, 0.15) is 0 Å². The van der Waals surface area contributed by atoms with Crippen molar-refractivity contribution >= 4 is 0 Å². The topological polar surface area (TPSA) is 65.1 Å². The molecule has 0 atom stereocenters. The normalized spacial score (nSPS) is 16.3. The molecule has 0 bridgehead atoms. The Hall–Kier alpha value is -2.15. The Bertz CT molecular complexity index is 722. The molecule has 1 saturated heterocycles. The average Bonchev–Trinajstić information content (AvgIpc) is 2.90. The number of hydrogen-bond donors (Lipinski definition) is 0. The van der Waals surface area contributed by atoms with Crippen LogP contribution in [0.4, 0.5) is 0 Å². The average molecular weight is 275 g/mol. The molecule has 0 saturated carbocycles. The van der Waals surface area contributed by atoms with Crippen molar-refractivity contribution in [3.8, 4) is 0 Å². The molecule has 0 aliphatic carbocycles. The highest BCUT2D eigenvalue weighted by atomic mass is 16.2. The first-order valence-corrected chi connectivity index (χ1v) is 6.53. The fraction of sp³-hybridized carbons (Fsp3) is 0.462. The Morgan fingerprint density at radius 2 is 2.00 bits per heavy atom. The van der Waals surface area contributed by atoms with Gasteiger partial charge in [-0.25, -0.2) is 4.79 Å². The molecule has 0 aromatic carbocycles. The minimum Gasteiger partial charge on any atom is -0.299 e. The molecule has 7 nitrogen and oxygen atoms in total. The molecular formula is C13H17N5O2. The Morgan fingerprint density at radius 3 is 2.65 bits per heavy atom. The van der Waals surface area contributed by atoms with Gasteiger partial charge in [0.2, 0.25) is 0 Å². The van der Waals surface area contributed by atoms with Crippen LogP contribution in [0.2, 0.25) is 0 Å². The maximum absolute atomic E-state index is 11.8. The van der Waals surface area contributed by atoms with Crippen LogP contribution in [-0.2, 0) is 20.6 Å². The third-order valence-corrected chi connectivity index (χ3v) is 3.85. The molecule has 2 aromatic heterocycles. The molecular weight excluding hydrogens is 258 g/mol. The zero-order chi connectivity index (χ0) is 14.3. The Morgan fingerprint density at radius 1 is 1.25 bits per heavy atom. The first-order valence-electron chi connectivity index (χ1n) is 6.53. The quantitative estimate of drug-likeness (QED) is 0.746. The van der Waals surface area contributed by atoms with E-state index in [-0.39, 0.29) is 11.2 Å². The van der Waals surface area contributed by atoms with Gasteiger partial charge in [-0.05, 0) is 6.07 Å². The SMILES string of the molecule is Cn1c(CN2CC(n3cccn3)C2)cc(=O)n(C)c1=O. The standard InChI is InChI=1S/C13H17N5O2/c1-15-10(6-12(19)16(2)13(15)20)7-17-8-11(9-17)18-5-3-4-14-18/h3-6,11H,7-9H2,1-2H3. The predicted octanol–water partition coefficient (Wildman–Crippen LogP) is -0.663. The van der Waals surface area contributed by atoms with E-state index in [4.69, 9.17) is 0 Å².